The summed E-state index contributed by atoms with van der Waals surface area (Å²) in [5.41, 5.74) is 2.90. The molecule has 7 heteroatoms. The van der Waals surface area contributed by atoms with Crippen molar-refractivity contribution in [1.29, 1.82) is 0 Å². The van der Waals surface area contributed by atoms with Gasteiger partial charge in [0.1, 0.15) is 5.75 Å². The van der Waals surface area contributed by atoms with Crippen molar-refractivity contribution in [3.05, 3.63) is 92.9 Å². The standard InChI is InChI=1S/C25H23Cl3N2O2/c1-32-21-4-2-3-17(13-21)14-25(31)29-11-12-30(23-10-9-20(27)15-22(23)28)24(16-29)18-5-7-19(26)8-6-18/h2-10,13,15,24H,11-12,14,16H2,1H3. The summed E-state index contributed by atoms with van der Waals surface area (Å²) < 4.78 is 5.28. The predicted octanol–water partition coefficient (Wildman–Crippen LogP) is 6.29. The highest BCUT2D eigenvalue weighted by molar-refractivity contribution is 6.36. The van der Waals surface area contributed by atoms with Crippen LogP contribution in [-0.2, 0) is 11.2 Å². The van der Waals surface area contributed by atoms with E-state index in [1.807, 2.05) is 65.6 Å². The Balaban J connectivity index is 1.59. The molecule has 4 nitrogen and oxygen atoms in total. The van der Waals surface area contributed by atoms with Crippen LogP contribution in [0.1, 0.15) is 17.2 Å². The maximum absolute atomic E-state index is 13.2. The first-order chi connectivity index (χ1) is 15.4. The number of halogens is 3. The average Bonchev–Trinajstić information content (AvgIpc) is 2.79. The lowest BCUT2D eigenvalue weighted by molar-refractivity contribution is -0.131. The first kappa shape index (κ1) is 22.8. The first-order valence-electron chi connectivity index (χ1n) is 10.3. The molecule has 0 saturated carbocycles. The maximum Gasteiger partial charge on any atom is 0.227 e. The molecule has 0 aliphatic carbocycles. The Morgan fingerprint density at radius 3 is 2.44 bits per heavy atom. The molecule has 4 rings (SSSR count). The Hall–Kier alpha value is -2.40. The zero-order valence-corrected chi connectivity index (χ0v) is 19.9. The Morgan fingerprint density at radius 2 is 1.72 bits per heavy atom. The van der Waals surface area contributed by atoms with Gasteiger partial charge in [-0.05, 0) is 53.6 Å². The van der Waals surface area contributed by atoms with Crippen LogP contribution >= 0.6 is 34.8 Å². The largest absolute Gasteiger partial charge is 0.497 e. The average molecular weight is 490 g/mol. The second-order valence-electron chi connectivity index (χ2n) is 7.72. The quantitative estimate of drug-likeness (QED) is 0.422. The van der Waals surface area contributed by atoms with E-state index in [4.69, 9.17) is 39.5 Å². The van der Waals surface area contributed by atoms with Crippen molar-refractivity contribution in [3.8, 4) is 5.75 Å². The van der Waals surface area contributed by atoms with Crippen LogP contribution in [0, 0.1) is 0 Å². The van der Waals surface area contributed by atoms with Gasteiger partial charge in [0.25, 0.3) is 0 Å². The van der Waals surface area contributed by atoms with Gasteiger partial charge >= 0.3 is 0 Å². The van der Waals surface area contributed by atoms with Crippen molar-refractivity contribution in [1.82, 2.24) is 4.90 Å². The smallest absolute Gasteiger partial charge is 0.227 e. The summed E-state index contributed by atoms with van der Waals surface area (Å²) >= 11 is 18.8. The minimum absolute atomic E-state index is 0.0612. The minimum Gasteiger partial charge on any atom is -0.497 e. The Morgan fingerprint density at radius 1 is 0.969 bits per heavy atom. The molecule has 0 spiro atoms. The van der Waals surface area contributed by atoms with Gasteiger partial charge in [-0.1, -0.05) is 59.1 Å². The van der Waals surface area contributed by atoms with E-state index in [1.165, 1.54) is 0 Å². The highest BCUT2D eigenvalue weighted by Crippen LogP contribution is 2.37. The van der Waals surface area contributed by atoms with E-state index in [2.05, 4.69) is 4.90 Å². The third-order valence-corrected chi connectivity index (χ3v) is 6.49. The van der Waals surface area contributed by atoms with Crippen LogP contribution in [0.25, 0.3) is 0 Å². The van der Waals surface area contributed by atoms with E-state index in [-0.39, 0.29) is 11.9 Å². The minimum atomic E-state index is -0.0612. The van der Waals surface area contributed by atoms with Gasteiger partial charge in [0.15, 0.2) is 0 Å². The number of benzene rings is 3. The molecule has 3 aromatic carbocycles. The molecular formula is C25H23Cl3N2O2. The third kappa shape index (κ3) is 5.15. The van der Waals surface area contributed by atoms with E-state index in [0.29, 0.717) is 41.1 Å². The van der Waals surface area contributed by atoms with Crippen molar-refractivity contribution < 1.29 is 9.53 Å². The van der Waals surface area contributed by atoms with Crippen LogP contribution in [0.3, 0.4) is 0 Å². The van der Waals surface area contributed by atoms with Crippen LogP contribution in [0.5, 0.6) is 5.75 Å². The normalized spacial score (nSPS) is 16.2. The monoisotopic (exact) mass is 488 g/mol. The molecule has 3 aromatic rings. The molecule has 32 heavy (non-hydrogen) atoms. The molecule has 1 heterocycles. The first-order valence-corrected chi connectivity index (χ1v) is 11.5. The molecule has 1 fully saturated rings. The second kappa shape index (κ2) is 10.0. The number of piperazine rings is 1. The van der Waals surface area contributed by atoms with Gasteiger partial charge in [-0.2, -0.15) is 0 Å². The van der Waals surface area contributed by atoms with Crippen LogP contribution in [-0.4, -0.2) is 37.6 Å². The lowest BCUT2D eigenvalue weighted by atomic mass is 10.0. The molecule has 0 radical (unpaired) electrons. The number of hydrogen-bond acceptors (Lipinski definition) is 3. The number of amides is 1. The number of nitrogens with zero attached hydrogens (tertiary/aromatic N) is 2. The highest BCUT2D eigenvalue weighted by atomic mass is 35.5. The van der Waals surface area contributed by atoms with Crippen molar-refractivity contribution in [2.45, 2.75) is 12.5 Å². The number of anilines is 1. The number of rotatable bonds is 5. The number of hydrogen-bond donors (Lipinski definition) is 0. The van der Waals surface area contributed by atoms with Gasteiger partial charge in [-0.15, -0.1) is 0 Å². The molecule has 1 saturated heterocycles. The second-order valence-corrected chi connectivity index (χ2v) is 9.00. The van der Waals surface area contributed by atoms with Crippen molar-refractivity contribution in [2.75, 3.05) is 31.6 Å². The fourth-order valence-corrected chi connectivity index (χ4v) is 4.69. The lowest BCUT2D eigenvalue weighted by Gasteiger charge is -2.43. The topological polar surface area (TPSA) is 32.8 Å². The molecular weight excluding hydrogens is 467 g/mol. The zero-order chi connectivity index (χ0) is 22.7. The highest BCUT2D eigenvalue weighted by Gasteiger charge is 2.31. The lowest BCUT2D eigenvalue weighted by Crippen LogP contribution is -2.51. The SMILES string of the molecule is COc1cccc(CC(=O)N2CCN(c3ccc(Cl)cc3Cl)C(c3ccc(Cl)cc3)C2)c1. The van der Waals surface area contributed by atoms with Gasteiger partial charge in [0.2, 0.25) is 5.91 Å². The van der Waals surface area contributed by atoms with Crippen LogP contribution in [0.2, 0.25) is 15.1 Å². The Bertz CT molecular complexity index is 1100. The molecule has 1 aliphatic rings. The summed E-state index contributed by atoms with van der Waals surface area (Å²) in [5, 5.41) is 1.85. The summed E-state index contributed by atoms with van der Waals surface area (Å²) in [5.74, 6) is 0.829. The number of methoxy groups -OCH3 is 1. The third-order valence-electron chi connectivity index (χ3n) is 5.70. The van der Waals surface area contributed by atoms with Gasteiger partial charge < -0.3 is 14.5 Å². The van der Waals surface area contributed by atoms with Crippen LogP contribution in [0.4, 0.5) is 5.69 Å². The molecule has 0 aromatic heterocycles. The van der Waals surface area contributed by atoms with E-state index >= 15 is 0 Å². The fourth-order valence-electron chi connectivity index (χ4n) is 4.05. The predicted molar refractivity (Wildman–Crippen MR) is 131 cm³/mol. The van der Waals surface area contributed by atoms with Crippen LogP contribution < -0.4 is 9.64 Å². The van der Waals surface area contributed by atoms with Gasteiger partial charge in [0, 0.05) is 29.7 Å². The molecule has 166 valence electrons. The number of carbonyl (C=O) groups excluding carboxylic acids is 1. The summed E-state index contributed by atoms with van der Waals surface area (Å²) in [6, 6.07) is 20.8. The van der Waals surface area contributed by atoms with E-state index in [9.17, 15) is 4.79 Å². The van der Waals surface area contributed by atoms with E-state index < -0.39 is 0 Å². The molecule has 1 unspecified atom stereocenters. The van der Waals surface area contributed by atoms with Crippen molar-refractivity contribution in [2.24, 2.45) is 0 Å². The van der Waals surface area contributed by atoms with Gasteiger partial charge in [-0.3, -0.25) is 4.79 Å². The van der Waals surface area contributed by atoms with Crippen LogP contribution in [0.15, 0.2) is 66.7 Å². The number of ether oxygens (including phenoxy) is 1. The summed E-state index contributed by atoms with van der Waals surface area (Å²) in [6.45, 7) is 1.80. The molecule has 0 bridgehead atoms. The summed E-state index contributed by atoms with van der Waals surface area (Å²) in [6.07, 6.45) is 0.326. The van der Waals surface area contributed by atoms with Gasteiger partial charge in [-0.25, -0.2) is 0 Å². The zero-order valence-electron chi connectivity index (χ0n) is 17.6. The molecule has 1 aliphatic heterocycles. The van der Waals surface area contributed by atoms with Crippen molar-refractivity contribution in [3.63, 3.8) is 0 Å². The Labute approximate surface area is 203 Å². The summed E-state index contributed by atoms with van der Waals surface area (Å²) in [7, 11) is 1.62. The van der Waals surface area contributed by atoms with Crippen molar-refractivity contribution >= 4 is 46.4 Å². The fraction of sp³-hybridized carbons (Fsp3) is 0.240. The van der Waals surface area contributed by atoms with E-state index in [1.54, 1.807) is 13.2 Å². The van der Waals surface area contributed by atoms with Gasteiger partial charge in [0.05, 0.1) is 30.3 Å². The Kier molecular flexibility index (Phi) is 7.14. The summed E-state index contributed by atoms with van der Waals surface area (Å²) in [4.78, 5) is 17.3. The van der Waals surface area contributed by atoms with E-state index in [0.717, 1.165) is 22.6 Å². The molecule has 1 atom stereocenters. The number of carbonyl (C=O) groups is 1. The maximum atomic E-state index is 13.2. The molecule has 0 N–H and O–H groups in total. The molecule has 1 amide bonds.